The number of halogens is 3. The topological polar surface area (TPSA) is 52.5 Å². The van der Waals surface area contributed by atoms with E-state index in [9.17, 15) is 13.2 Å². The van der Waals surface area contributed by atoms with Crippen LogP contribution in [0.5, 0.6) is 0 Å². The molecule has 3 nitrogen and oxygen atoms in total. The molecule has 1 aliphatic heterocycles. The van der Waals surface area contributed by atoms with Crippen LogP contribution in [0.4, 0.5) is 13.2 Å². The standard InChI is InChI=1S/C11H13BF3NO2/c13-11(14,15)10-5-8(12(17)18)1-2-9(10)7-3-4-16-6-7/h1-2,5,7,16-18H,3-4,6H2. The van der Waals surface area contributed by atoms with Gasteiger partial charge in [0.1, 0.15) is 0 Å². The van der Waals surface area contributed by atoms with Crippen LogP contribution >= 0.6 is 0 Å². The Morgan fingerprint density at radius 3 is 2.50 bits per heavy atom. The van der Waals surface area contributed by atoms with E-state index in [-0.39, 0.29) is 16.9 Å². The second kappa shape index (κ2) is 4.91. The van der Waals surface area contributed by atoms with Crippen LogP contribution in [0.2, 0.25) is 0 Å². The van der Waals surface area contributed by atoms with Gasteiger partial charge in [0.2, 0.25) is 0 Å². The lowest BCUT2D eigenvalue weighted by Gasteiger charge is -2.18. The molecule has 1 atom stereocenters. The van der Waals surface area contributed by atoms with E-state index in [0.717, 1.165) is 6.07 Å². The third-order valence-electron chi connectivity index (χ3n) is 3.18. The summed E-state index contributed by atoms with van der Waals surface area (Å²) < 4.78 is 38.9. The molecule has 0 aromatic heterocycles. The Morgan fingerprint density at radius 1 is 1.28 bits per heavy atom. The van der Waals surface area contributed by atoms with Gasteiger partial charge in [-0.15, -0.1) is 0 Å². The molecule has 1 aromatic carbocycles. The van der Waals surface area contributed by atoms with Crippen molar-refractivity contribution < 1.29 is 23.2 Å². The maximum atomic E-state index is 13.0. The molecule has 1 fully saturated rings. The lowest BCUT2D eigenvalue weighted by atomic mass is 9.77. The van der Waals surface area contributed by atoms with Crippen molar-refractivity contribution in [2.45, 2.75) is 18.5 Å². The maximum Gasteiger partial charge on any atom is 0.488 e. The van der Waals surface area contributed by atoms with Gasteiger partial charge in [-0.3, -0.25) is 0 Å². The van der Waals surface area contributed by atoms with Gasteiger partial charge in [0.25, 0.3) is 0 Å². The van der Waals surface area contributed by atoms with Crippen LogP contribution in [0.25, 0.3) is 0 Å². The zero-order valence-corrected chi connectivity index (χ0v) is 9.54. The average molecular weight is 259 g/mol. The molecule has 2 rings (SSSR count). The quantitative estimate of drug-likeness (QED) is 0.676. The molecule has 3 N–H and O–H groups in total. The van der Waals surface area contributed by atoms with Gasteiger partial charge in [-0.25, -0.2) is 0 Å². The first-order valence-corrected chi connectivity index (χ1v) is 5.67. The fourth-order valence-electron chi connectivity index (χ4n) is 2.26. The molecule has 1 aromatic rings. The Hall–Kier alpha value is -1.05. The molecule has 0 amide bonds. The highest BCUT2D eigenvalue weighted by atomic mass is 19.4. The molecule has 1 unspecified atom stereocenters. The monoisotopic (exact) mass is 259 g/mol. The zero-order chi connectivity index (χ0) is 13.3. The van der Waals surface area contributed by atoms with Gasteiger partial charge >= 0.3 is 13.3 Å². The van der Waals surface area contributed by atoms with Crippen molar-refractivity contribution in [3.63, 3.8) is 0 Å². The molecule has 0 spiro atoms. The van der Waals surface area contributed by atoms with Gasteiger partial charge < -0.3 is 15.4 Å². The van der Waals surface area contributed by atoms with E-state index in [4.69, 9.17) is 10.0 Å². The van der Waals surface area contributed by atoms with E-state index in [1.54, 1.807) is 0 Å². The van der Waals surface area contributed by atoms with E-state index < -0.39 is 18.9 Å². The first-order valence-electron chi connectivity index (χ1n) is 5.67. The van der Waals surface area contributed by atoms with Gasteiger partial charge in [0.15, 0.2) is 0 Å². The van der Waals surface area contributed by atoms with Crippen molar-refractivity contribution in [3.05, 3.63) is 29.3 Å². The van der Waals surface area contributed by atoms with E-state index in [2.05, 4.69) is 5.32 Å². The molecule has 0 radical (unpaired) electrons. The summed E-state index contributed by atoms with van der Waals surface area (Å²) in [5, 5.41) is 20.9. The number of rotatable bonds is 2. The Kier molecular flexibility index (Phi) is 3.65. The van der Waals surface area contributed by atoms with Crippen LogP contribution in [0.3, 0.4) is 0 Å². The Morgan fingerprint density at radius 2 is 2.00 bits per heavy atom. The van der Waals surface area contributed by atoms with Gasteiger partial charge in [0, 0.05) is 6.54 Å². The number of nitrogens with one attached hydrogen (secondary N) is 1. The smallest absolute Gasteiger partial charge is 0.423 e. The summed E-state index contributed by atoms with van der Waals surface area (Å²) in [4.78, 5) is 0. The zero-order valence-electron chi connectivity index (χ0n) is 9.54. The van der Waals surface area contributed by atoms with Crippen LogP contribution in [0.15, 0.2) is 18.2 Å². The normalized spacial score (nSPS) is 20.2. The summed E-state index contributed by atoms with van der Waals surface area (Å²) in [6.45, 7) is 1.22. The first kappa shape index (κ1) is 13.4. The van der Waals surface area contributed by atoms with Gasteiger partial charge in [-0.1, -0.05) is 12.1 Å². The van der Waals surface area contributed by atoms with Crippen molar-refractivity contribution in [1.29, 1.82) is 0 Å². The molecule has 0 saturated carbocycles. The van der Waals surface area contributed by atoms with E-state index >= 15 is 0 Å². The largest absolute Gasteiger partial charge is 0.488 e. The summed E-state index contributed by atoms with van der Waals surface area (Å²) in [6, 6.07) is 3.49. The number of alkyl halides is 3. The second-order valence-corrected chi connectivity index (χ2v) is 4.41. The van der Waals surface area contributed by atoms with Crippen molar-refractivity contribution in [1.82, 2.24) is 5.32 Å². The molecular weight excluding hydrogens is 246 g/mol. The summed E-state index contributed by atoms with van der Waals surface area (Å²) >= 11 is 0. The van der Waals surface area contributed by atoms with E-state index in [1.165, 1.54) is 12.1 Å². The molecule has 0 aliphatic carbocycles. The molecule has 1 heterocycles. The number of hydrogen-bond acceptors (Lipinski definition) is 3. The summed E-state index contributed by atoms with van der Waals surface area (Å²) in [6.07, 6.45) is -3.83. The summed E-state index contributed by atoms with van der Waals surface area (Å²) in [7, 11) is -1.89. The highest BCUT2D eigenvalue weighted by molar-refractivity contribution is 6.58. The van der Waals surface area contributed by atoms with Crippen molar-refractivity contribution in [2.75, 3.05) is 13.1 Å². The molecule has 1 aliphatic rings. The maximum absolute atomic E-state index is 13.0. The van der Waals surface area contributed by atoms with Crippen LogP contribution in [0.1, 0.15) is 23.5 Å². The highest BCUT2D eigenvalue weighted by Gasteiger charge is 2.36. The predicted octanol–water partition coefficient (Wildman–Crippen LogP) is 0.462. The fraction of sp³-hybridized carbons (Fsp3) is 0.455. The first-order chi connectivity index (χ1) is 8.39. The number of benzene rings is 1. The second-order valence-electron chi connectivity index (χ2n) is 4.41. The van der Waals surface area contributed by atoms with Crippen molar-refractivity contribution in [2.24, 2.45) is 0 Å². The highest BCUT2D eigenvalue weighted by Crippen LogP contribution is 2.36. The molecule has 18 heavy (non-hydrogen) atoms. The van der Waals surface area contributed by atoms with Gasteiger partial charge in [-0.2, -0.15) is 13.2 Å². The van der Waals surface area contributed by atoms with Gasteiger partial charge in [-0.05, 0) is 36.0 Å². The lowest BCUT2D eigenvalue weighted by Crippen LogP contribution is -2.31. The van der Waals surface area contributed by atoms with Crippen LogP contribution in [-0.2, 0) is 6.18 Å². The summed E-state index contributed by atoms with van der Waals surface area (Å²) in [5.41, 5.74) is -0.698. The summed E-state index contributed by atoms with van der Waals surface area (Å²) in [5.74, 6) is -0.175. The molecule has 1 saturated heterocycles. The Balaban J connectivity index is 2.45. The third kappa shape index (κ3) is 2.68. The Labute approximate surface area is 103 Å². The van der Waals surface area contributed by atoms with Crippen LogP contribution < -0.4 is 10.8 Å². The lowest BCUT2D eigenvalue weighted by molar-refractivity contribution is -0.138. The average Bonchev–Trinajstić information content (AvgIpc) is 2.80. The van der Waals surface area contributed by atoms with Crippen LogP contribution in [-0.4, -0.2) is 30.3 Å². The van der Waals surface area contributed by atoms with E-state index in [0.29, 0.717) is 19.5 Å². The minimum atomic E-state index is -4.48. The molecule has 0 bridgehead atoms. The van der Waals surface area contributed by atoms with Crippen molar-refractivity contribution >= 4 is 12.6 Å². The predicted molar refractivity (Wildman–Crippen MR) is 61.5 cm³/mol. The molecule has 7 heteroatoms. The molecule has 98 valence electrons. The molecular formula is C11H13BF3NO2. The fourth-order valence-corrected chi connectivity index (χ4v) is 2.26. The minimum absolute atomic E-state index is 0.142. The third-order valence-corrected chi connectivity index (χ3v) is 3.18. The van der Waals surface area contributed by atoms with Gasteiger partial charge in [0.05, 0.1) is 5.56 Å². The van der Waals surface area contributed by atoms with Crippen LogP contribution in [0, 0.1) is 0 Å². The Bertz CT molecular complexity index is 431. The number of hydrogen-bond donors (Lipinski definition) is 3. The minimum Gasteiger partial charge on any atom is -0.423 e. The SMILES string of the molecule is OB(O)c1ccc(C2CCNC2)c(C(F)(F)F)c1. The van der Waals surface area contributed by atoms with E-state index in [1.807, 2.05) is 0 Å². The van der Waals surface area contributed by atoms with Crippen molar-refractivity contribution in [3.8, 4) is 0 Å².